The van der Waals surface area contributed by atoms with E-state index in [1.807, 2.05) is 6.92 Å². The zero-order valence-corrected chi connectivity index (χ0v) is 14.5. The first-order chi connectivity index (χ1) is 11.3. The maximum atomic E-state index is 11.7. The Morgan fingerprint density at radius 1 is 1.42 bits per heavy atom. The molecule has 24 heavy (non-hydrogen) atoms. The number of esters is 1. The maximum absolute atomic E-state index is 11.7. The van der Waals surface area contributed by atoms with E-state index in [1.54, 1.807) is 6.07 Å². The molecule has 1 saturated heterocycles. The Balaban J connectivity index is 2.09. The molecule has 1 fully saturated rings. The molecule has 0 aromatic heterocycles. The molecule has 1 aliphatic heterocycles. The van der Waals surface area contributed by atoms with Crippen LogP contribution in [0.4, 0.5) is 16.2 Å². The third kappa shape index (κ3) is 4.03. The van der Waals surface area contributed by atoms with Crippen molar-refractivity contribution in [3.05, 3.63) is 22.7 Å². The van der Waals surface area contributed by atoms with Crippen molar-refractivity contribution in [3.63, 3.8) is 0 Å². The summed E-state index contributed by atoms with van der Waals surface area (Å²) in [7, 11) is 1.30. The lowest BCUT2D eigenvalue weighted by Gasteiger charge is -2.34. The lowest BCUT2D eigenvalue weighted by Crippen LogP contribution is -2.41. The Kier molecular flexibility index (Phi) is 5.77. The number of benzene rings is 1. The molecule has 0 bridgehead atoms. The number of nitrogens with one attached hydrogen (secondary N) is 1. The highest BCUT2D eigenvalue weighted by atomic mass is 35.5. The number of carbonyl (C=O) groups excluding carboxylic acids is 1. The summed E-state index contributed by atoms with van der Waals surface area (Å²) in [5.41, 5.74) is 7.07. The van der Waals surface area contributed by atoms with Gasteiger partial charge in [-0.15, -0.1) is 0 Å². The molecule has 0 unspecified atom stereocenters. The second-order valence-corrected chi connectivity index (χ2v) is 6.34. The van der Waals surface area contributed by atoms with E-state index in [1.165, 1.54) is 18.1 Å². The van der Waals surface area contributed by atoms with Crippen LogP contribution in [0.3, 0.4) is 0 Å². The lowest BCUT2D eigenvalue weighted by atomic mass is 9.90. The average Bonchev–Trinajstić information content (AvgIpc) is 2.57. The SMILES string of the molecule is COC(=O)c1cc(N)c(Cl)c(N[C@@H](C)C2CCN(C(=O)O)CC2)c1. The maximum Gasteiger partial charge on any atom is 0.407 e. The third-order valence-corrected chi connectivity index (χ3v) is 4.84. The van der Waals surface area contributed by atoms with Gasteiger partial charge in [-0.2, -0.15) is 0 Å². The quantitative estimate of drug-likeness (QED) is 0.566. The number of nitrogens with two attached hydrogens (primary N) is 1. The van der Waals surface area contributed by atoms with E-state index in [0.29, 0.717) is 41.0 Å². The first-order valence-corrected chi connectivity index (χ1v) is 8.13. The van der Waals surface area contributed by atoms with Crippen LogP contribution in [0, 0.1) is 5.92 Å². The number of carbonyl (C=O) groups is 2. The van der Waals surface area contributed by atoms with E-state index in [-0.39, 0.29) is 6.04 Å². The normalized spacial score (nSPS) is 16.5. The highest BCUT2D eigenvalue weighted by Gasteiger charge is 2.26. The molecule has 0 aliphatic carbocycles. The van der Waals surface area contributed by atoms with Gasteiger partial charge in [0.15, 0.2) is 0 Å². The number of hydrogen-bond acceptors (Lipinski definition) is 5. The van der Waals surface area contributed by atoms with Crippen LogP contribution in [0.15, 0.2) is 12.1 Å². The molecule has 1 aromatic carbocycles. The summed E-state index contributed by atoms with van der Waals surface area (Å²) in [6, 6.07) is 3.16. The minimum Gasteiger partial charge on any atom is -0.465 e. The number of amides is 1. The van der Waals surface area contributed by atoms with Crippen LogP contribution < -0.4 is 11.1 Å². The van der Waals surface area contributed by atoms with E-state index >= 15 is 0 Å². The standard InChI is InChI=1S/C16H22ClN3O4/c1-9(10-3-5-20(6-4-10)16(22)23)19-13-8-11(15(21)24-2)7-12(18)14(13)17/h7-10,19H,3-6,18H2,1-2H3,(H,22,23)/t9-/m0/s1. The molecular formula is C16H22ClN3O4. The van der Waals surface area contributed by atoms with Crippen molar-refractivity contribution < 1.29 is 19.4 Å². The van der Waals surface area contributed by atoms with Crippen molar-refractivity contribution in [2.24, 2.45) is 5.92 Å². The van der Waals surface area contributed by atoms with E-state index in [4.69, 9.17) is 27.2 Å². The first-order valence-electron chi connectivity index (χ1n) is 7.75. The van der Waals surface area contributed by atoms with Crippen molar-refractivity contribution in [1.29, 1.82) is 0 Å². The van der Waals surface area contributed by atoms with Crippen molar-refractivity contribution >= 4 is 35.0 Å². The van der Waals surface area contributed by atoms with Crippen molar-refractivity contribution in [1.82, 2.24) is 4.90 Å². The lowest BCUT2D eigenvalue weighted by molar-refractivity contribution is 0.0600. The molecule has 1 aliphatic rings. The van der Waals surface area contributed by atoms with Crippen LogP contribution in [0.1, 0.15) is 30.1 Å². The van der Waals surface area contributed by atoms with Crippen LogP contribution in [0.2, 0.25) is 5.02 Å². The highest BCUT2D eigenvalue weighted by Crippen LogP contribution is 2.32. The molecule has 1 heterocycles. The minimum absolute atomic E-state index is 0.0609. The van der Waals surface area contributed by atoms with E-state index in [0.717, 1.165) is 12.8 Å². The number of methoxy groups -OCH3 is 1. The van der Waals surface area contributed by atoms with Gasteiger partial charge in [-0.1, -0.05) is 11.6 Å². The van der Waals surface area contributed by atoms with Gasteiger partial charge < -0.3 is 25.8 Å². The van der Waals surface area contributed by atoms with Gasteiger partial charge in [-0.3, -0.25) is 0 Å². The van der Waals surface area contributed by atoms with Crippen LogP contribution in [0.25, 0.3) is 0 Å². The van der Waals surface area contributed by atoms with Crippen LogP contribution in [0.5, 0.6) is 0 Å². The highest BCUT2D eigenvalue weighted by molar-refractivity contribution is 6.36. The molecule has 132 valence electrons. The molecule has 0 radical (unpaired) electrons. The fourth-order valence-electron chi connectivity index (χ4n) is 2.94. The number of nitrogens with zero attached hydrogens (tertiary/aromatic N) is 1. The minimum atomic E-state index is -0.879. The molecule has 1 atom stereocenters. The number of halogens is 1. The summed E-state index contributed by atoms with van der Waals surface area (Å²) in [4.78, 5) is 24.1. The third-order valence-electron chi connectivity index (χ3n) is 4.42. The molecule has 2 rings (SSSR count). The van der Waals surface area contributed by atoms with E-state index in [9.17, 15) is 9.59 Å². The predicted molar refractivity (Wildman–Crippen MR) is 92.6 cm³/mol. The van der Waals surface area contributed by atoms with E-state index in [2.05, 4.69) is 5.32 Å². The summed E-state index contributed by atoms with van der Waals surface area (Å²) < 4.78 is 4.72. The summed E-state index contributed by atoms with van der Waals surface area (Å²) in [5.74, 6) is -0.177. The number of hydrogen-bond donors (Lipinski definition) is 3. The van der Waals surface area contributed by atoms with Crippen molar-refractivity contribution in [3.8, 4) is 0 Å². The molecular weight excluding hydrogens is 334 g/mol. The summed E-state index contributed by atoms with van der Waals surface area (Å²) >= 11 is 6.24. The number of likely N-dealkylation sites (tertiary alicyclic amines) is 1. The monoisotopic (exact) mass is 355 g/mol. The van der Waals surface area contributed by atoms with E-state index < -0.39 is 12.1 Å². The first kappa shape index (κ1) is 18.2. The molecule has 4 N–H and O–H groups in total. The smallest absolute Gasteiger partial charge is 0.407 e. The number of nitrogen functional groups attached to an aromatic ring is 1. The average molecular weight is 356 g/mol. The topological polar surface area (TPSA) is 105 Å². The molecule has 7 nitrogen and oxygen atoms in total. The Bertz CT molecular complexity index is 630. The number of ether oxygens (including phenoxy) is 1. The predicted octanol–water partition coefficient (Wildman–Crippen LogP) is 2.90. The molecule has 1 amide bonds. The number of piperidine rings is 1. The van der Waals surface area contributed by atoms with Crippen LogP contribution in [-0.4, -0.2) is 48.3 Å². The van der Waals surface area contributed by atoms with Gasteiger partial charge in [0.25, 0.3) is 0 Å². The zero-order chi connectivity index (χ0) is 17.9. The Morgan fingerprint density at radius 3 is 2.58 bits per heavy atom. The van der Waals surface area contributed by atoms with Crippen LogP contribution >= 0.6 is 11.6 Å². The fraction of sp³-hybridized carbons (Fsp3) is 0.500. The Labute approximate surface area is 145 Å². The Hall–Kier alpha value is -2.15. The zero-order valence-electron chi connectivity index (χ0n) is 13.7. The number of carboxylic acid groups (broad SMARTS) is 1. The van der Waals surface area contributed by atoms with Gasteiger partial charge in [0, 0.05) is 19.1 Å². The molecule has 1 aromatic rings. The second-order valence-electron chi connectivity index (χ2n) is 5.96. The number of rotatable bonds is 4. The van der Waals surface area contributed by atoms with Gasteiger partial charge in [0.2, 0.25) is 0 Å². The van der Waals surface area contributed by atoms with Crippen molar-refractivity contribution in [2.75, 3.05) is 31.2 Å². The summed E-state index contributed by atoms with van der Waals surface area (Å²) in [5, 5.41) is 12.7. The van der Waals surface area contributed by atoms with Gasteiger partial charge in [-0.25, -0.2) is 9.59 Å². The largest absolute Gasteiger partial charge is 0.465 e. The van der Waals surface area contributed by atoms with Gasteiger partial charge in [0.05, 0.1) is 29.1 Å². The summed E-state index contributed by atoms with van der Waals surface area (Å²) in [6.07, 6.45) is 0.657. The van der Waals surface area contributed by atoms with Crippen LogP contribution in [-0.2, 0) is 4.74 Å². The fourth-order valence-corrected chi connectivity index (χ4v) is 3.11. The molecule has 0 spiro atoms. The van der Waals surface area contributed by atoms with Crippen molar-refractivity contribution in [2.45, 2.75) is 25.8 Å². The molecule has 8 heteroatoms. The summed E-state index contributed by atoms with van der Waals surface area (Å²) in [6.45, 7) is 3.05. The van der Waals surface area contributed by atoms with Gasteiger partial charge in [0.1, 0.15) is 0 Å². The number of anilines is 2. The van der Waals surface area contributed by atoms with Gasteiger partial charge in [-0.05, 0) is 37.8 Å². The Morgan fingerprint density at radius 2 is 2.04 bits per heavy atom. The van der Waals surface area contributed by atoms with Gasteiger partial charge >= 0.3 is 12.1 Å². The molecule has 0 saturated carbocycles. The second kappa shape index (κ2) is 7.61.